The number of nitrogens with one attached hydrogen (secondary N) is 2. The molecule has 156 valence electrons. The average molecular weight is 454 g/mol. The molecule has 2 aromatic rings. The number of carboxylic acids is 1. The molecule has 4 amide bonds. The zero-order valence-electron chi connectivity index (χ0n) is 15.7. The number of rotatable bonds is 4. The predicted molar refractivity (Wildman–Crippen MR) is 119 cm³/mol. The van der Waals surface area contributed by atoms with Crippen molar-refractivity contribution in [1.29, 1.82) is 0 Å². The average Bonchev–Trinajstić information content (AvgIpc) is 3.16. The maximum Gasteiger partial charge on any atom is 0.338 e. The second kappa shape index (κ2) is 8.20. The Morgan fingerprint density at radius 3 is 2.39 bits per heavy atom. The first-order valence-corrected chi connectivity index (χ1v) is 10.2. The molecular weight excluding hydrogens is 440 g/mol. The van der Waals surface area contributed by atoms with Crippen molar-refractivity contribution in [2.75, 3.05) is 16.8 Å². The van der Waals surface area contributed by atoms with Gasteiger partial charge in [0.15, 0.2) is 4.32 Å². The molecule has 0 aromatic heterocycles. The van der Waals surface area contributed by atoms with E-state index >= 15 is 0 Å². The van der Waals surface area contributed by atoms with Crippen LogP contribution in [0.4, 0.5) is 16.2 Å². The Bertz CT molecular complexity index is 1170. The Labute approximate surface area is 185 Å². The molecule has 2 aliphatic heterocycles. The Hall–Kier alpha value is -3.70. The highest BCUT2D eigenvalue weighted by Gasteiger charge is 2.43. The van der Waals surface area contributed by atoms with Gasteiger partial charge in [0.1, 0.15) is 6.54 Å². The van der Waals surface area contributed by atoms with E-state index in [0.717, 1.165) is 21.7 Å². The van der Waals surface area contributed by atoms with Gasteiger partial charge in [0.05, 0.1) is 16.2 Å². The summed E-state index contributed by atoms with van der Waals surface area (Å²) in [5.41, 5.74) is 3.79. The first-order chi connectivity index (χ1) is 14.9. The van der Waals surface area contributed by atoms with E-state index in [1.54, 1.807) is 54.6 Å². The molecule has 0 atom stereocenters. The normalized spacial score (nSPS) is 17.7. The molecular formula is C20H14N4O5S2. The van der Waals surface area contributed by atoms with Crippen LogP contribution in [-0.2, 0) is 14.4 Å². The summed E-state index contributed by atoms with van der Waals surface area (Å²) in [5, 5.41) is 12.6. The number of aliphatic carboxylic acids is 1. The van der Waals surface area contributed by atoms with E-state index in [2.05, 4.69) is 10.7 Å². The minimum absolute atomic E-state index is 0.0235. The van der Waals surface area contributed by atoms with Gasteiger partial charge in [-0.3, -0.25) is 19.3 Å². The molecule has 9 nitrogen and oxygen atoms in total. The fourth-order valence-corrected chi connectivity index (χ4v) is 4.44. The number of nitrogens with zero attached hydrogens (tertiary/aromatic N) is 2. The maximum absolute atomic E-state index is 13.0. The summed E-state index contributed by atoms with van der Waals surface area (Å²) in [6, 6.07) is 14.5. The summed E-state index contributed by atoms with van der Waals surface area (Å²) in [6.45, 7) is -0.544. The molecule has 31 heavy (non-hydrogen) atoms. The summed E-state index contributed by atoms with van der Waals surface area (Å²) in [4.78, 5) is 50.6. The number of anilines is 2. The second-order valence-corrected chi connectivity index (χ2v) is 8.09. The van der Waals surface area contributed by atoms with Crippen LogP contribution in [0.25, 0.3) is 5.57 Å². The standard InChI is InChI=1S/C20H14N4O5S2/c25-14(26)10-23-13-9-5-4-8-12(13)15(17(23)27)16-18(28)24(20(30)31-16)22-19(29)21-11-6-2-1-3-7-11/h1-9H,10H2,(H,25,26)(H2,21,22,29)/b16-15-. The number of benzene rings is 2. The Kier molecular flexibility index (Phi) is 5.44. The topological polar surface area (TPSA) is 119 Å². The number of fused-ring (bicyclic) bond motifs is 1. The van der Waals surface area contributed by atoms with Gasteiger partial charge in [-0.2, -0.15) is 5.01 Å². The molecule has 1 fully saturated rings. The Balaban J connectivity index is 1.62. The highest BCUT2D eigenvalue weighted by Crippen LogP contribution is 2.44. The molecule has 0 aliphatic carbocycles. The monoisotopic (exact) mass is 454 g/mol. The van der Waals surface area contributed by atoms with Gasteiger partial charge in [0.2, 0.25) is 0 Å². The molecule has 1 saturated heterocycles. The number of hydrogen-bond acceptors (Lipinski definition) is 6. The third kappa shape index (κ3) is 3.88. The molecule has 3 N–H and O–H groups in total. The lowest BCUT2D eigenvalue weighted by Crippen LogP contribution is -2.46. The number of carboxylic acid groups (broad SMARTS) is 1. The maximum atomic E-state index is 13.0. The molecule has 0 saturated carbocycles. The van der Waals surface area contributed by atoms with E-state index in [1.165, 1.54) is 0 Å². The fraction of sp³-hybridized carbons (Fsp3) is 0.0500. The SMILES string of the molecule is O=C(O)CN1C(=O)/C(=C2\SC(=S)N(NC(=O)Nc3ccccc3)C2=O)c2ccccc21. The van der Waals surface area contributed by atoms with Crippen LogP contribution < -0.4 is 15.6 Å². The van der Waals surface area contributed by atoms with Crippen LogP contribution in [0.1, 0.15) is 5.56 Å². The number of para-hydroxylation sites is 2. The number of carbonyl (C=O) groups is 4. The number of amides is 4. The lowest BCUT2D eigenvalue weighted by atomic mass is 10.1. The zero-order valence-corrected chi connectivity index (χ0v) is 17.3. The van der Waals surface area contributed by atoms with E-state index in [9.17, 15) is 19.2 Å². The van der Waals surface area contributed by atoms with Crippen LogP contribution in [0.3, 0.4) is 0 Å². The third-order valence-electron chi connectivity index (χ3n) is 4.46. The van der Waals surface area contributed by atoms with Crippen LogP contribution in [0.15, 0.2) is 59.5 Å². The molecule has 0 spiro atoms. The highest BCUT2D eigenvalue weighted by molar-refractivity contribution is 8.26. The number of hydrazine groups is 1. The Morgan fingerprint density at radius 2 is 1.68 bits per heavy atom. The van der Waals surface area contributed by atoms with E-state index < -0.39 is 30.4 Å². The van der Waals surface area contributed by atoms with E-state index in [4.69, 9.17) is 17.3 Å². The van der Waals surface area contributed by atoms with Crippen LogP contribution in [0.5, 0.6) is 0 Å². The van der Waals surface area contributed by atoms with Crippen LogP contribution in [0.2, 0.25) is 0 Å². The van der Waals surface area contributed by atoms with Gasteiger partial charge >= 0.3 is 12.0 Å². The minimum Gasteiger partial charge on any atom is -0.480 e. The van der Waals surface area contributed by atoms with E-state index in [1.807, 2.05) is 0 Å². The molecule has 4 rings (SSSR count). The van der Waals surface area contributed by atoms with E-state index in [0.29, 0.717) is 16.9 Å². The van der Waals surface area contributed by atoms with Crippen molar-refractivity contribution >= 4 is 69.1 Å². The first-order valence-electron chi connectivity index (χ1n) is 8.93. The second-order valence-electron chi connectivity index (χ2n) is 6.45. The molecule has 2 aliphatic rings. The van der Waals surface area contributed by atoms with Crippen molar-refractivity contribution in [2.45, 2.75) is 0 Å². The van der Waals surface area contributed by atoms with Crippen molar-refractivity contribution in [3.63, 3.8) is 0 Å². The number of carbonyl (C=O) groups excluding carboxylic acids is 3. The summed E-state index contributed by atoms with van der Waals surface area (Å²) in [6.07, 6.45) is 0. The number of hydrogen-bond donors (Lipinski definition) is 3. The van der Waals surface area contributed by atoms with Crippen molar-refractivity contribution in [3.8, 4) is 0 Å². The summed E-state index contributed by atoms with van der Waals surface area (Å²) < 4.78 is 0.0395. The lowest BCUT2D eigenvalue weighted by molar-refractivity contribution is -0.136. The van der Waals surface area contributed by atoms with Crippen LogP contribution in [-0.4, -0.2) is 44.8 Å². The number of thiocarbonyl (C=S) groups is 1. The fourth-order valence-electron chi connectivity index (χ4n) is 3.19. The van der Waals surface area contributed by atoms with Gasteiger partial charge in [-0.15, -0.1) is 0 Å². The summed E-state index contributed by atoms with van der Waals surface area (Å²) in [5.74, 6) is -2.47. The quantitative estimate of drug-likeness (QED) is 0.480. The third-order valence-corrected chi connectivity index (χ3v) is 5.83. The lowest BCUT2D eigenvalue weighted by Gasteiger charge is -2.16. The molecule has 11 heteroatoms. The van der Waals surface area contributed by atoms with Gasteiger partial charge < -0.3 is 10.4 Å². The van der Waals surface area contributed by atoms with Crippen LogP contribution in [0, 0.1) is 0 Å². The Morgan fingerprint density at radius 1 is 1.00 bits per heavy atom. The van der Waals surface area contributed by atoms with Gasteiger partial charge in [-0.05, 0) is 30.4 Å². The van der Waals surface area contributed by atoms with E-state index in [-0.39, 0.29) is 14.8 Å². The number of thioether (sulfide) groups is 1. The van der Waals surface area contributed by atoms with Crippen molar-refractivity contribution in [2.24, 2.45) is 0 Å². The highest BCUT2D eigenvalue weighted by atomic mass is 32.2. The van der Waals surface area contributed by atoms with Crippen molar-refractivity contribution < 1.29 is 24.3 Å². The largest absolute Gasteiger partial charge is 0.480 e. The molecule has 2 heterocycles. The predicted octanol–water partition coefficient (Wildman–Crippen LogP) is 2.43. The molecule has 0 bridgehead atoms. The first kappa shape index (κ1) is 20.6. The molecule has 2 aromatic carbocycles. The van der Waals surface area contributed by atoms with Gasteiger partial charge in [0, 0.05) is 11.3 Å². The van der Waals surface area contributed by atoms with Crippen molar-refractivity contribution in [1.82, 2.24) is 10.4 Å². The van der Waals surface area contributed by atoms with Crippen LogP contribution >= 0.6 is 24.0 Å². The smallest absolute Gasteiger partial charge is 0.338 e. The van der Waals surface area contributed by atoms with Gasteiger partial charge in [-0.1, -0.05) is 48.2 Å². The summed E-state index contributed by atoms with van der Waals surface area (Å²) >= 11 is 6.09. The molecule has 0 unspecified atom stereocenters. The van der Waals surface area contributed by atoms with Gasteiger partial charge in [0.25, 0.3) is 11.8 Å². The number of urea groups is 1. The van der Waals surface area contributed by atoms with Gasteiger partial charge in [-0.25, -0.2) is 10.2 Å². The zero-order chi connectivity index (χ0) is 22.1. The molecule has 0 radical (unpaired) electrons. The summed E-state index contributed by atoms with van der Waals surface area (Å²) in [7, 11) is 0. The van der Waals surface area contributed by atoms with Crippen molar-refractivity contribution in [3.05, 3.63) is 65.1 Å². The minimum atomic E-state index is -1.18.